The van der Waals surface area contributed by atoms with Gasteiger partial charge in [0.05, 0.1) is 6.61 Å². The Morgan fingerprint density at radius 2 is 2.07 bits per heavy atom. The number of nitrogens with two attached hydrogens (primary N) is 1. The lowest BCUT2D eigenvalue weighted by Gasteiger charge is -2.15. The molecule has 76 valence electrons. The zero-order valence-electron chi connectivity index (χ0n) is 7.73. The number of phenolic OH excluding ortho intramolecular Hbond substituents is 2. The molecular formula is C10H13NO3. The quantitative estimate of drug-likeness (QED) is 0.497. The monoisotopic (exact) mass is 195 g/mol. The van der Waals surface area contributed by atoms with E-state index in [0.717, 1.165) is 18.4 Å². The van der Waals surface area contributed by atoms with Crippen LogP contribution in [0.5, 0.6) is 11.5 Å². The van der Waals surface area contributed by atoms with Crippen LogP contribution in [0.4, 0.5) is 0 Å². The van der Waals surface area contributed by atoms with E-state index < -0.39 is 0 Å². The number of benzene rings is 1. The normalized spacial score (nSPS) is 18.1. The van der Waals surface area contributed by atoms with Crippen LogP contribution in [0.1, 0.15) is 18.4 Å². The molecule has 0 aliphatic heterocycles. The van der Waals surface area contributed by atoms with E-state index in [2.05, 4.69) is 4.84 Å². The maximum Gasteiger partial charge on any atom is 0.119 e. The van der Waals surface area contributed by atoms with E-state index in [1.165, 1.54) is 12.1 Å². The summed E-state index contributed by atoms with van der Waals surface area (Å²) in [5, 5.41) is 18.9. The highest BCUT2D eigenvalue weighted by molar-refractivity contribution is 5.46. The molecule has 1 saturated carbocycles. The molecule has 1 aromatic rings. The summed E-state index contributed by atoms with van der Waals surface area (Å²) in [4.78, 5) is 4.63. The Balaban J connectivity index is 2.35. The van der Waals surface area contributed by atoms with Crippen molar-refractivity contribution in [3.05, 3.63) is 23.8 Å². The molecule has 2 rings (SSSR count). The molecule has 4 heteroatoms. The van der Waals surface area contributed by atoms with Crippen molar-refractivity contribution in [3.63, 3.8) is 0 Å². The topological polar surface area (TPSA) is 75.7 Å². The molecule has 0 saturated heterocycles. The van der Waals surface area contributed by atoms with E-state index in [9.17, 15) is 10.2 Å². The van der Waals surface area contributed by atoms with E-state index >= 15 is 0 Å². The zero-order chi connectivity index (χ0) is 10.2. The Labute approximate surface area is 81.9 Å². The summed E-state index contributed by atoms with van der Waals surface area (Å²) in [6.07, 6.45) is 1.86. The van der Waals surface area contributed by atoms with Crippen molar-refractivity contribution >= 4 is 0 Å². The van der Waals surface area contributed by atoms with Crippen LogP contribution >= 0.6 is 0 Å². The van der Waals surface area contributed by atoms with Gasteiger partial charge in [0.1, 0.15) is 11.5 Å². The minimum atomic E-state index is -0.183. The predicted octanol–water partition coefficient (Wildman–Crippen LogP) is 1.02. The molecule has 0 unspecified atom stereocenters. The molecule has 1 aliphatic carbocycles. The fourth-order valence-corrected chi connectivity index (χ4v) is 1.75. The summed E-state index contributed by atoms with van der Waals surface area (Å²) >= 11 is 0. The smallest absolute Gasteiger partial charge is 0.119 e. The van der Waals surface area contributed by atoms with Crippen molar-refractivity contribution < 1.29 is 15.1 Å². The van der Waals surface area contributed by atoms with Gasteiger partial charge >= 0.3 is 0 Å². The van der Waals surface area contributed by atoms with Gasteiger partial charge in [-0.3, -0.25) is 0 Å². The van der Waals surface area contributed by atoms with Crippen LogP contribution in [0.15, 0.2) is 18.2 Å². The number of hydrogen-bond acceptors (Lipinski definition) is 4. The van der Waals surface area contributed by atoms with Gasteiger partial charge in [-0.25, -0.2) is 5.90 Å². The summed E-state index contributed by atoms with van der Waals surface area (Å²) in [5.41, 5.74) is 0.542. The van der Waals surface area contributed by atoms with Gasteiger partial charge in [0, 0.05) is 11.0 Å². The fourth-order valence-electron chi connectivity index (χ4n) is 1.75. The van der Waals surface area contributed by atoms with Gasteiger partial charge in [-0.05, 0) is 31.0 Å². The van der Waals surface area contributed by atoms with Crippen molar-refractivity contribution in [2.75, 3.05) is 6.61 Å². The number of aromatic hydroxyl groups is 2. The van der Waals surface area contributed by atoms with Gasteiger partial charge < -0.3 is 15.1 Å². The SMILES string of the molecule is NOCC1(c2cc(O)ccc2O)CC1. The summed E-state index contributed by atoms with van der Waals surface area (Å²) in [5.74, 6) is 5.38. The third-order valence-electron chi connectivity index (χ3n) is 2.76. The second kappa shape index (κ2) is 3.15. The van der Waals surface area contributed by atoms with Crippen molar-refractivity contribution in [1.82, 2.24) is 0 Å². The Bertz CT molecular complexity index is 347. The number of phenols is 2. The molecule has 0 heterocycles. The van der Waals surface area contributed by atoms with Crippen molar-refractivity contribution in [3.8, 4) is 11.5 Å². The Hall–Kier alpha value is -1.26. The Morgan fingerprint density at radius 1 is 1.36 bits per heavy atom. The molecule has 0 spiro atoms. The third kappa shape index (κ3) is 1.42. The van der Waals surface area contributed by atoms with E-state index in [-0.39, 0.29) is 16.9 Å². The van der Waals surface area contributed by atoms with Crippen molar-refractivity contribution in [1.29, 1.82) is 0 Å². The highest BCUT2D eigenvalue weighted by Crippen LogP contribution is 2.51. The second-order valence-electron chi connectivity index (χ2n) is 3.79. The van der Waals surface area contributed by atoms with Crippen molar-refractivity contribution in [2.24, 2.45) is 5.90 Å². The number of hydrogen-bond donors (Lipinski definition) is 3. The summed E-state index contributed by atoms with van der Waals surface area (Å²) < 4.78 is 0. The molecule has 14 heavy (non-hydrogen) atoms. The van der Waals surface area contributed by atoms with Gasteiger partial charge in [-0.2, -0.15) is 0 Å². The highest BCUT2D eigenvalue weighted by Gasteiger charge is 2.46. The van der Waals surface area contributed by atoms with Gasteiger partial charge in [0.15, 0.2) is 0 Å². The minimum Gasteiger partial charge on any atom is -0.508 e. The van der Waals surface area contributed by atoms with Gasteiger partial charge in [-0.1, -0.05) is 0 Å². The van der Waals surface area contributed by atoms with Crippen LogP contribution in [-0.4, -0.2) is 16.8 Å². The molecule has 1 aliphatic rings. The molecule has 4 N–H and O–H groups in total. The Morgan fingerprint density at radius 3 is 2.64 bits per heavy atom. The maximum absolute atomic E-state index is 9.63. The average Bonchev–Trinajstić information content (AvgIpc) is 2.91. The van der Waals surface area contributed by atoms with E-state index in [0.29, 0.717) is 6.61 Å². The van der Waals surface area contributed by atoms with Gasteiger partial charge in [0.2, 0.25) is 0 Å². The standard InChI is InChI=1S/C10H13NO3/c11-14-6-10(3-4-10)8-5-7(12)1-2-9(8)13/h1-2,5,12-13H,3-4,6,11H2. The van der Waals surface area contributed by atoms with Gasteiger partial charge in [0.25, 0.3) is 0 Å². The lowest BCUT2D eigenvalue weighted by Crippen LogP contribution is -2.18. The largest absolute Gasteiger partial charge is 0.508 e. The summed E-state index contributed by atoms with van der Waals surface area (Å²) in [6, 6.07) is 4.51. The molecule has 1 fully saturated rings. The third-order valence-corrected chi connectivity index (χ3v) is 2.76. The van der Waals surface area contributed by atoms with Crippen molar-refractivity contribution in [2.45, 2.75) is 18.3 Å². The van der Waals surface area contributed by atoms with E-state index in [1.807, 2.05) is 0 Å². The molecule has 0 amide bonds. The van der Waals surface area contributed by atoms with Crippen LogP contribution < -0.4 is 5.90 Å². The maximum atomic E-state index is 9.63. The predicted molar refractivity (Wildman–Crippen MR) is 50.8 cm³/mol. The molecule has 0 aromatic heterocycles. The van der Waals surface area contributed by atoms with Crippen LogP contribution in [0, 0.1) is 0 Å². The molecule has 4 nitrogen and oxygen atoms in total. The van der Waals surface area contributed by atoms with Crippen LogP contribution in [0.2, 0.25) is 0 Å². The fraction of sp³-hybridized carbons (Fsp3) is 0.400. The van der Waals surface area contributed by atoms with E-state index in [1.54, 1.807) is 6.07 Å². The summed E-state index contributed by atoms with van der Waals surface area (Å²) in [6.45, 7) is 0.379. The van der Waals surface area contributed by atoms with Crippen LogP contribution in [0.25, 0.3) is 0 Å². The molecule has 0 atom stereocenters. The Kier molecular flexibility index (Phi) is 2.09. The highest BCUT2D eigenvalue weighted by atomic mass is 16.6. The number of rotatable bonds is 3. The lowest BCUT2D eigenvalue weighted by atomic mass is 9.96. The average molecular weight is 195 g/mol. The zero-order valence-corrected chi connectivity index (χ0v) is 7.73. The van der Waals surface area contributed by atoms with E-state index in [4.69, 9.17) is 5.90 Å². The first kappa shape index (κ1) is 9.30. The first-order valence-electron chi connectivity index (χ1n) is 4.52. The molecule has 1 aromatic carbocycles. The first-order valence-corrected chi connectivity index (χ1v) is 4.52. The lowest BCUT2D eigenvalue weighted by molar-refractivity contribution is 0.115. The molecule has 0 radical (unpaired) electrons. The molecular weight excluding hydrogens is 182 g/mol. The summed E-state index contributed by atoms with van der Waals surface area (Å²) in [7, 11) is 0. The second-order valence-corrected chi connectivity index (χ2v) is 3.79. The minimum absolute atomic E-state index is 0.154. The van der Waals surface area contributed by atoms with Crippen LogP contribution in [-0.2, 0) is 10.3 Å². The van der Waals surface area contributed by atoms with Crippen LogP contribution in [0.3, 0.4) is 0 Å². The first-order chi connectivity index (χ1) is 6.68. The van der Waals surface area contributed by atoms with Gasteiger partial charge in [-0.15, -0.1) is 0 Å². The molecule has 0 bridgehead atoms.